The van der Waals surface area contributed by atoms with Crippen LogP contribution in [-0.2, 0) is 92.8 Å². The average Bonchev–Trinajstić information content (AvgIpc) is 1.72. The third-order valence-electron chi connectivity index (χ3n) is 23.9. The second-order valence-corrected chi connectivity index (χ2v) is 33.7. The van der Waals surface area contributed by atoms with Crippen LogP contribution in [0.5, 0.6) is 0 Å². The predicted molar refractivity (Wildman–Crippen MR) is 472 cm³/mol. The molecule has 34 nitrogen and oxygen atoms in total. The van der Waals surface area contributed by atoms with Crippen molar-refractivity contribution in [2.45, 2.75) is 273 Å². The van der Waals surface area contributed by atoms with Crippen LogP contribution in [0.1, 0.15) is 197 Å². The molecule has 4 aromatic carbocycles. The molecule has 4 saturated heterocycles. The van der Waals surface area contributed by atoms with Crippen LogP contribution in [-0.4, -0.2) is 216 Å². The van der Waals surface area contributed by atoms with E-state index in [0.29, 0.717) is 57.8 Å². The van der Waals surface area contributed by atoms with Gasteiger partial charge in [0.05, 0.1) is 0 Å². The highest BCUT2D eigenvalue weighted by Crippen LogP contribution is 2.31. The number of nitrogens with one attached hydrogen (secondary N) is 12. The first-order chi connectivity index (χ1) is 60.2. The highest BCUT2D eigenvalue weighted by atomic mass is 16.2. The molecule has 14 amide bonds. The maximum atomic E-state index is 14.5. The van der Waals surface area contributed by atoms with Gasteiger partial charge in [0.2, 0.25) is 82.7 Å². The first-order valence-electron chi connectivity index (χ1n) is 44.7. The first-order valence-corrected chi connectivity index (χ1v) is 44.7. The minimum absolute atomic E-state index is 0.0782. The first kappa shape index (κ1) is 96.8. The normalized spacial score (nSPS) is 23.8. The summed E-state index contributed by atoms with van der Waals surface area (Å²) in [5, 5.41) is 34.5. The van der Waals surface area contributed by atoms with Crippen molar-refractivity contribution in [3.8, 4) is 0 Å². The van der Waals surface area contributed by atoms with Gasteiger partial charge in [-0.3, -0.25) is 77.1 Å². The predicted octanol–water partition coefficient (Wildman–Crippen LogP) is 2.07. The zero-order valence-electron chi connectivity index (χ0n) is 72.2. The lowest BCUT2D eigenvalue weighted by molar-refractivity contribution is -0.143. The van der Waals surface area contributed by atoms with Crippen molar-refractivity contribution in [1.29, 1.82) is 0 Å². The number of carbonyl (C=O) groups is 14. The van der Waals surface area contributed by atoms with Gasteiger partial charge < -0.3 is 96.5 Å². The summed E-state index contributed by atoms with van der Waals surface area (Å²) >= 11 is 0. The fourth-order valence-corrected chi connectivity index (χ4v) is 17.4. The largest absolute Gasteiger partial charge is 0.370 e. The van der Waals surface area contributed by atoms with Gasteiger partial charge in [0, 0.05) is 72.4 Å². The number of amides is 14. The molecular weight excluding hydrogens is 1600 g/mol. The van der Waals surface area contributed by atoms with Crippen LogP contribution in [0.25, 0.3) is 0 Å². The van der Waals surface area contributed by atoms with Crippen LogP contribution >= 0.6 is 0 Å². The summed E-state index contributed by atoms with van der Waals surface area (Å²) in [5.41, 5.74) is 25.5. The fraction of sp³-hybridized carbons (Fsp3) is 0.560. The molecule has 6 aliphatic rings. The molecule has 2 saturated carbocycles. The molecule has 10 rings (SSSR count). The summed E-state index contributed by atoms with van der Waals surface area (Å²) in [6.45, 7) is 3.70. The molecule has 12 atom stereocenters. The second-order valence-electron chi connectivity index (χ2n) is 33.7. The van der Waals surface area contributed by atoms with Crippen molar-refractivity contribution in [1.82, 2.24) is 73.6 Å². The molecule has 4 aliphatic heterocycles. The fourth-order valence-electron chi connectivity index (χ4n) is 17.4. The van der Waals surface area contributed by atoms with Crippen molar-refractivity contribution in [2.75, 3.05) is 39.3 Å². The molecule has 678 valence electrons. The van der Waals surface area contributed by atoms with Crippen molar-refractivity contribution in [3.05, 3.63) is 144 Å². The van der Waals surface area contributed by atoms with E-state index in [2.05, 4.69) is 73.8 Å². The number of aryl methyl sites for hydroxylation is 1. The average molecular weight is 1730 g/mol. The molecule has 0 bridgehead atoms. The van der Waals surface area contributed by atoms with E-state index in [-0.39, 0.29) is 127 Å². The monoisotopic (exact) mass is 1730 g/mol. The zero-order chi connectivity index (χ0) is 89.6. The van der Waals surface area contributed by atoms with E-state index >= 15 is 0 Å². The Bertz CT molecular complexity index is 4300. The van der Waals surface area contributed by atoms with Crippen LogP contribution < -0.4 is 86.7 Å². The standard InChI is InChI=1S/C46H66N10O7.C45H64N10O7/c1-30(57)51-37(28-32-16-7-3-8-17-32)42(60)54-36-21-12-25-49-40(58)34(20-11-26-50-46(47)48)52-41(59)35(24-23-31-14-5-2-6-15-31)53-43(61)38(29-33-18-9-4-10-19-33)55-44(62)39-22-13-27-56(39)45(36)63;1-29(56)50-35(26-30-14-5-2-6-15-30)40(58)52-34-21-12-23-48-39(57)33(20-11-24-49-45(46)47)51-41(59)36(27-31-16-7-3-8-17-31)53-42(60)37(28-32-18-9-4-10-19-32)54-43(61)38-22-13-25-55(38)44(34)62/h2-3,5-8,14-17,33-39H,4,9-13,18-29H2,1H3,(H,49,58)(H,51,57)(H,52,59)(H,53,61)(H,54,60)(H,55,62)(H4,47,48,50);2-3,5-8,14-17,32-38H,4,9-13,18-28H2,1H3,(H,48,57)(H,50,56)(H,51,59)(H,52,58)(H,53,60)(H,54,61)(H4,46,47,49)/t34-,35-,36-,37-,38+,39-;33-,34-,35-,36-,37+,38-/m00/s1. The number of nitrogens with two attached hydrogens (primary N) is 4. The molecule has 125 heavy (non-hydrogen) atoms. The van der Waals surface area contributed by atoms with Gasteiger partial charge in [-0.25, -0.2) is 0 Å². The number of nitrogens with zero attached hydrogens (tertiary/aromatic N) is 4. The lowest BCUT2D eigenvalue weighted by Gasteiger charge is -2.32. The molecule has 34 heteroatoms. The van der Waals surface area contributed by atoms with E-state index in [1.165, 1.54) is 23.6 Å². The molecule has 0 unspecified atom stereocenters. The summed E-state index contributed by atoms with van der Waals surface area (Å²) < 4.78 is 0. The molecule has 0 aromatic heterocycles. The van der Waals surface area contributed by atoms with Gasteiger partial charge in [0.15, 0.2) is 11.9 Å². The Labute approximate surface area is 732 Å². The summed E-state index contributed by atoms with van der Waals surface area (Å²) in [6, 6.07) is 24.8. The quantitative estimate of drug-likeness (QED) is 0.0231. The number of fused-ring (bicyclic) bond motifs is 2. The molecular formula is C91H130N20O14. The Morgan fingerprint density at radius 3 is 1.11 bits per heavy atom. The van der Waals surface area contributed by atoms with E-state index < -0.39 is 155 Å². The number of hydrogen-bond donors (Lipinski definition) is 16. The van der Waals surface area contributed by atoms with Gasteiger partial charge in [-0.05, 0) is 137 Å². The smallest absolute Gasteiger partial charge is 0.245 e. The highest BCUT2D eigenvalue weighted by Gasteiger charge is 2.44. The minimum atomic E-state index is -1.12. The molecule has 0 spiro atoms. The Morgan fingerprint density at radius 2 is 0.728 bits per heavy atom. The highest BCUT2D eigenvalue weighted by molar-refractivity contribution is 6.00. The molecule has 4 aromatic rings. The van der Waals surface area contributed by atoms with Gasteiger partial charge in [0.1, 0.15) is 72.5 Å². The van der Waals surface area contributed by atoms with Gasteiger partial charge in [-0.1, -0.05) is 186 Å². The van der Waals surface area contributed by atoms with Crippen LogP contribution in [0, 0.1) is 11.8 Å². The molecule has 0 radical (unpaired) electrons. The Kier molecular flexibility index (Phi) is 39.3. The topological polar surface area (TPSA) is 519 Å². The van der Waals surface area contributed by atoms with E-state index in [9.17, 15) is 67.1 Å². The zero-order valence-corrected chi connectivity index (χ0v) is 72.2. The maximum Gasteiger partial charge on any atom is 0.245 e. The SMILES string of the molecule is CC(=O)N[C@@H](Cc1ccccc1)C(=O)N[C@H]1CCCNC(=O)[C@H](CCCN=C(N)N)NC(=O)[C@H](CCc2ccccc2)NC(=O)[C@@H](CC2CCCCC2)NC(=O)[C@@H]2CCCN2C1=O.CC(=O)N[C@@H](Cc1ccccc1)C(=O)N[C@H]1CCCNC(=O)[C@H](CCCN=C(N)N)NC(=O)[C@H](Cc2ccccc2)NC(=O)[C@@H](CC2CCCCC2)NC(=O)[C@@H]2CCCN2C1=O. The van der Waals surface area contributed by atoms with Crippen LogP contribution in [0.2, 0.25) is 0 Å². The lowest BCUT2D eigenvalue weighted by atomic mass is 9.84. The number of carbonyl (C=O) groups excluding carboxylic acids is 14. The van der Waals surface area contributed by atoms with Crippen LogP contribution in [0.15, 0.2) is 131 Å². The number of hydrogen-bond acceptors (Lipinski definition) is 16. The van der Waals surface area contributed by atoms with E-state index in [1.54, 1.807) is 0 Å². The van der Waals surface area contributed by atoms with Gasteiger partial charge >= 0.3 is 0 Å². The van der Waals surface area contributed by atoms with Gasteiger partial charge in [-0.15, -0.1) is 0 Å². The van der Waals surface area contributed by atoms with Gasteiger partial charge in [0.25, 0.3) is 0 Å². The van der Waals surface area contributed by atoms with Crippen molar-refractivity contribution in [2.24, 2.45) is 44.8 Å². The number of aliphatic imine (C=N–C) groups is 2. The lowest BCUT2D eigenvalue weighted by Crippen LogP contribution is -2.60. The van der Waals surface area contributed by atoms with Gasteiger partial charge in [-0.2, -0.15) is 0 Å². The maximum absolute atomic E-state index is 14.5. The summed E-state index contributed by atoms with van der Waals surface area (Å²) in [7, 11) is 0. The summed E-state index contributed by atoms with van der Waals surface area (Å²) in [6.07, 6.45) is 15.1. The Morgan fingerprint density at radius 1 is 0.384 bits per heavy atom. The molecule has 20 N–H and O–H groups in total. The summed E-state index contributed by atoms with van der Waals surface area (Å²) in [5.74, 6) is -6.99. The van der Waals surface area contributed by atoms with E-state index in [4.69, 9.17) is 22.9 Å². The summed E-state index contributed by atoms with van der Waals surface area (Å²) in [4.78, 5) is 206. The van der Waals surface area contributed by atoms with E-state index in [1.807, 2.05) is 121 Å². The number of guanidine groups is 2. The minimum Gasteiger partial charge on any atom is -0.370 e. The van der Waals surface area contributed by atoms with Crippen molar-refractivity contribution in [3.63, 3.8) is 0 Å². The number of rotatable bonds is 27. The Balaban J connectivity index is 0.000000283. The van der Waals surface area contributed by atoms with E-state index in [0.717, 1.165) is 86.5 Å². The van der Waals surface area contributed by atoms with Crippen molar-refractivity contribution < 1.29 is 67.1 Å². The third kappa shape index (κ3) is 32.2. The van der Waals surface area contributed by atoms with Crippen LogP contribution in [0.4, 0.5) is 0 Å². The molecule has 2 aliphatic carbocycles. The molecule has 4 heterocycles. The third-order valence-corrected chi connectivity index (χ3v) is 23.9. The van der Waals surface area contributed by atoms with Crippen LogP contribution in [0.3, 0.4) is 0 Å². The second kappa shape index (κ2) is 50.7. The molecule has 6 fully saturated rings. The van der Waals surface area contributed by atoms with Crippen molar-refractivity contribution >= 4 is 94.6 Å². The Hall–Kier alpha value is -12.0. The number of benzene rings is 4.